The molecular formula is C19H33ClN5O8P. The molecular weight excluding hydrogens is 493 g/mol. The summed E-state index contributed by atoms with van der Waals surface area (Å²) in [4.78, 5) is 19.3. The Balaban J connectivity index is 1.43. The molecule has 0 aromatic rings. The third-order valence-corrected chi connectivity index (χ3v) is 8.52. The van der Waals surface area contributed by atoms with Gasteiger partial charge in [0, 0.05) is 43.2 Å². The molecule has 1 aliphatic carbocycles. The van der Waals surface area contributed by atoms with E-state index in [1.54, 1.807) is 12.4 Å². The summed E-state index contributed by atoms with van der Waals surface area (Å²) >= 11 is 6.33. The smallest absolute Gasteiger partial charge is 0.356 e. The third-order valence-electron chi connectivity index (χ3n) is 6.73. The van der Waals surface area contributed by atoms with Crippen LogP contribution in [-0.2, 0) is 14.0 Å². The van der Waals surface area contributed by atoms with Gasteiger partial charge in [-0.1, -0.05) is 12.8 Å². The second-order valence-corrected chi connectivity index (χ2v) is 11.6. The number of nitrogens with one attached hydrogen (secondary N) is 2. The lowest BCUT2D eigenvalue weighted by atomic mass is 10.1. The summed E-state index contributed by atoms with van der Waals surface area (Å²) in [5.41, 5.74) is 7.95. The van der Waals surface area contributed by atoms with Gasteiger partial charge in [0.25, 0.3) is 0 Å². The average Bonchev–Trinajstić information content (AvgIpc) is 3.48. The highest BCUT2D eigenvalue weighted by atomic mass is 35.5. The Morgan fingerprint density at radius 3 is 2.65 bits per heavy atom. The highest BCUT2D eigenvalue weighted by molar-refractivity contribution is 7.53. The number of aliphatic hydroxyl groups excluding tert-OH is 3. The highest BCUT2D eigenvalue weighted by Crippen LogP contribution is 2.53. The fourth-order valence-electron chi connectivity index (χ4n) is 4.57. The fraction of sp³-hybridized carbons (Fsp3) is 0.789. The fourth-order valence-corrected chi connectivity index (χ4v) is 5.41. The molecule has 1 saturated carbocycles. The van der Waals surface area contributed by atoms with Gasteiger partial charge in [-0.15, -0.1) is 0 Å². The lowest BCUT2D eigenvalue weighted by Gasteiger charge is -2.38. The van der Waals surface area contributed by atoms with Crippen LogP contribution in [-0.4, -0.2) is 95.3 Å². The first-order valence-corrected chi connectivity index (χ1v) is 13.2. The van der Waals surface area contributed by atoms with Crippen LogP contribution in [0.5, 0.6) is 0 Å². The summed E-state index contributed by atoms with van der Waals surface area (Å²) in [6, 6.07) is 0.346. The molecule has 0 amide bonds. The summed E-state index contributed by atoms with van der Waals surface area (Å²) in [7, 11) is -4.73. The largest absolute Gasteiger partial charge is 0.396 e. The minimum absolute atomic E-state index is 0.310. The molecule has 0 aromatic carbocycles. The number of nitrogens with zero attached hydrogens (tertiary/aromatic N) is 3. The summed E-state index contributed by atoms with van der Waals surface area (Å²) in [5.74, 6) is 0. The number of hydrazine groups is 2. The van der Waals surface area contributed by atoms with E-state index < -0.39 is 50.7 Å². The maximum atomic E-state index is 11.9. The number of halogens is 1. The molecule has 2 fully saturated rings. The van der Waals surface area contributed by atoms with E-state index in [0.29, 0.717) is 18.4 Å². The molecule has 1 saturated heterocycles. The number of rotatable bonds is 9. The number of ether oxygens (including phenoxy) is 2. The van der Waals surface area contributed by atoms with Crippen molar-refractivity contribution in [3.05, 3.63) is 23.8 Å². The van der Waals surface area contributed by atoms with Crippen LogP contribution in [0, 0.1) is 0 Å². The van der Waals surface area contributed by atoms with Crippen LogP contribution >= 0.6 is 19.4 Å². The molecule has 3 aliphatic heterocycles. The van der Waals surface area contributed by atoms with E-state index in [1.165, 1.54) is 29.2 Å². The maximum absolute atomic E-state index is 11.9. The molecule has 0 aromatic heterocycles. The summed E-state index contributed by atoms with van der Waals surface area (Å²) < 4.78 is 24.6. The van der Waals surface area contributed by atoms with Crippen LogP contribution in [0.2, 0.25) is 0 Å². The van der Waals surface area contributed by atoms with Gasteiger partial charge in [0.2, 0.25) is 0 Å². The van der Waals surface area contributed by atoms with Crippen molar-refractivity contribution in [2.24, 2.45) is 0 Å². The predicted octanol–water partition coefficient (Wildman–Crippen LogP) is -0.595. The number of hydrogen-bond donors (Lipinski definition) is 7. The van der Waals surface area contributed by atoms with Crippen molar-refractivity contribution in [1.29, 1.82) is 0 Å². The van der Waals surface area contributed by atoms with Crippen molar-refractivity contribution in [3.8, 4) is 0 Å². The first-order valence-electron chi connectivity index (χ1n) is 11.3. The van der Waals surface area contributed by atoms with Gasteiger partial charge >= 0.3 is 7.60 Å². The van der Waals surface area contributed by atoms with Gasteiger partial charge < -0.3 is 40.0 Å². The van der Waals surface area contributed by atoms with E-state index in [9.17, 15) is 29.7 Å². The van der Waals surface area contributed by atoms with Gasteiger partial charge in [-0.3, -0.25) is 19.0 Å². The number of hydrogen-bond acceptors (Lipinski definition) is 11. The van der Waals surface area contributed by atoms with Crippen LogP contribution in [0.25, 0.3) is 0 Å². The predicted molar refractivity (Wildman–Crippen MR) is 120 cm³/mol. The van der Waals surface area contributed by atoms with Crippen molar-refractivity contribution < 1.29 is 39.1 Å². The Kier molecular flexibility index (Phi) is 7.71. The lowest BCUT2D eigenvalue weighted by molar-refractivity contribution is -0.117. The quantitative estimate of drug-likeness (QED) is 0.151. The summed E-state index contributed by atoms with van der Waals surface area (Å²) in [5, 5.41) is 32.0. The Morgan fingerprint density at radius 2 is 2.00 bits per heavy atom. The molecule has 7 N–H and O–H groups in total. The molecule has 34 heavy (non-hydrogen) atoms. The minimum atomic E-state index is -4.73. The van der Waals surface area contributed by atoms with Crippen LogP contribution < -0.4 is 10.9 Å². The maximum Gasteiger partial charge on any atom is 0.356 e. The third kappa shape index (κ3) is 5.05. The van der Waals surface area contributed by atoms with Crippen molar-refractivity contribution in [2.75, 3.05) is 19.9 Å². The normalized spacial score (nSPS) is 31.9. The van der Waals surface area contributed by atoms with Gasteiger partial charge in [-0.25, -0.2) is 5.43 Å². The number of fused-ring (bicyclic) bond motifs is 1. The standard InChI is InChI=1S/C19H33ClN5O8P/c1-19(6-7-26,34(29,30)31)32-10-15-16(27)17(28)18(33-15)25-14-9-23(20)11-24(13(14)8-21-25)22-12-4-2-3-5-12/h8-9,12,15-18,21-22,26-28H,2-7,10-11H2,1H3,(H2,29,30,31)/t15-,16-,17-,18-,19?/m1/s1. The monoisotopic (exact) mass is 525 g/mol. The highest BCUT2D eigenvalue weighted by Gasteiger charge is 2.51. The second-order valence-electron chi connectivity index (χ2n) is 9.17. The van der Waals surface area contributed by atoms with Crippen LogP contribution in [0.1, 0.15) is 39.0 Å². The van der Waals surface area contributed by atoms with Crippen LogP contribution in [0.4, 0.5) is 0 Å². The van der Waals surface area contributed by atoms with Gasteiger partial charge in [-0.2, -0.15) is 0 Å². The van der Waals surface area contributed by atoms with Crippen LogP contribution in [0.15, 0.2) is 23.8 Å². The van der Waals surface area contributed by atoms with Crippen molar-refractivity contribution in [3.63, 3.8) is 0 Å². The van der Waals surface area contributed by atoms with Crippen molar-refractivity contribution in [1.82, 2.24) is 25.3 Å². The number of aliphatic hydroxyl groups is 3. The average molecular weight is 526 g/mol. The Hall–Kier alpha value is -1.12. The van der Waals surface area contributed by atoms with E-state index >= 15 is 0 Å². The van der Waals surface area contributed by atoms with Crippen molar-refractivity contribution in [2.45, 2.75) is 75.0 Å². The summed E-state index contributed by atoms with van der Waals surface area (Å²) in [6.07, 6.45) is 2.78. The zero-order chi connectivity index (χ0) is 24.7. The SMILES string of the molecule is CC(CCO)(OC[C@H]1O[C@@H](N2NC=C3C2=CN(Cl)CN3NC2CCCC2)[C@H](O)[C@@H]1O)P(=O)(O)O. The molecule has 4 aliphatic rings. The molecule has 0 spiro atoms. The Morgan fingerprint density at radius 1 is 1.29 bits per heavy atom. The zero-order valence-electron chi connectivity index (χ0n) is 18.8. The van der Waals surface area contributed by atoms with E-state index in [-0.39, 0.29) is 6.42 Å². The zero-order valence-corrected chi connectivity index (χ0v) is 20.5. The van der Waals surface area contributed by atoms with Gasteiger partial charge in [0.1, 0.15) is 30.7 Å². The van der Waals surface area contributed by atoms with Crippen LogP contribution in [0.3, 0.4) is 0 Å². The molecule has 13 nitrogen and oxygen atoms in total. The first kappa shape index (κ1) is 26.0. The Labute approximate surface area is 202 Å². The van der Waals surface area contributed by atoms with E-state index in [0.717, 1.165) is 18.5 Å². The minimum Gasteiger partial charge on any atom is -0.396 e. The van der Waals surface area contributed by atoms with Gasteiger partial charge in [0.15, 0.2) is 11.6 Å². The van der Waals surface area contributed by atoms with E-state index in [1.807, 2.05) is 5.01 Å². The molecule has 15 heteroatoms. The summed E-state index contributed by atoms with van der Waals surface area (Å²) in [6.45, 7) is 0.690. The molecule has 0 radical (unpaired) electrons. The molecule has 0 bridgehead atoms. The van der Waals surface area contributed by atoms with E-state index in [2.05, 4.69) is 10.9 Å². The first-order chi connectivity index (χ1) is 16.0. The van der Waals surface area contributed by atoms with E-state index in [4.69, 9.17) is 21.3 Å². The van der Waals surface area contributed by atoms with Gasteiger partial charge in [0.05, 0.1) is 12.3 Å². The molecule has 1 unspecified atom stereocenters. The molecule has 3 heterocycles. The molecule has 4 rings (SSSR count). The molecule has 5 atom stereocenters. The second kappa shape index (κ2) is 10.1. The topological polar surface area (TPSA) is 170 Å². The lowest BCUT2D eigenvalue weighted by Crippen LogP contribution is -2.51. The van der Waals surface area contributed by atoms with Gasteiger partial charge in [-0.05, 0) is 19.8 Å². The Bertz CT molecular complexity index is 855. The van der Waals surface area contributed by atoms with Crippen molar-refractivity contribution >= 4 is 19.4 Å². The molecule has 194 valence electrons.